The number of nitro groups is 1. The standard InChI is InChI=1S/C12H17N3O3/c1-9-5-6-11(18-2)14(8-9)12-10(15(16)17)4-3-7-13-12/h3-4,7,9,11H,5-6,8H2,1-2H3. The van der Waals surface area contributed by atoms with Gasteiger partial charge in [0.05, 0.1) is 4.92 Å². The summed E-state index contributed by atoms with van der Waals surface area (Å²) in [6.45, 7) is 2.87. The monoisotopic (exact) mass is 251 g/mol. The van der Waals surface area contributed by atoms with Crippen molar-refractivity contribution in [2.45, 2.75) is 26.0 Å². The molecule has 6 heteroatoms. The van der Waals surface area contributed by atoms with Crippen LogP contribution in [-0.4, -0.2) is 29.8 Å². The number of methoxy groups -OCH3 is 1. The Morgan fingerprint density at radius 3 is 3.00 bits per heavy atom. The van der Waals surface area contributed by atoms with Gasteiger partial charge < -0.3 is 9.64 Å². The molecular weight excluding hydrogens is 234 g/mol. The number of rotatable bonds is 3. The number of aromatic nitrogens is 1. The van der Waals surface area contributed by atoms with E-state index in [1.54, 1.807) is 19.4 Å². The maximum absolute atomic E-state index is 11.0. The molecule has 0 saturated carbocycles. The Labute approximate surface area is 106 Å². The molecule has 0 spiro atoms. The molecule has 2 heterocycles. The van der Waals surface area contributed by atoms with Crippen molar-refractivity contribution in [2.24, 2.45) is 5.92 Å². The van der Waals surface area contributed by atoms with Crippen LogP contribution >= 0.6 is 0 Å². The minimum Gasteiger partial charge on any atom is -0.362 e. The Balaban J connectivity index is 2.36. The number of hydrogen-bond acceptors (Lipinski definition) is 5. The van der Waals surface area contributed by atoms with E-state index in [1.165, 1.54) is 6.07 Å². The van der Waals surface area contributed by atoms with Crippen molar-refractivity contribution >= 4 is 11.5 Å². The quantitative estimate of drug-likeness (QED) is 0.608. The van der Waals surface area contributed by atoms with Crippen LogP contribution in [0.4, 0.5) is 11.5 Å². The Hall–Kier alpha value is -1.69. The summed E-state index contributed by atoms with van der Waals surface area (Å²) in [6.07, 6.45) is 3.38. The molecule has 98 valence electrons. The van der Waals surface area contributed by atoms with Gasteiger partial charge in [-0.05, 0) is 24.8 Å². The zero-order valence-electron chi connectivity index (χ0n) is 10.6. The second kappa shape index (κ2) is 5.30. The summed E-state index contributed by atoms with van der Waals surface area (Å²) >= 11 is 0. The van der Waals surface area contributed by atoms with Gasteiger partial charge in [0.2, 0.25) is 5.82 Å². The van der Waals surface area contributed by atoms with Crippen LogP contribution < -0.4 is 4.90 Å². The molecule has 1 fully saturated rings. The van der Waals surface area contributed by atoms with E-state index in [0.29, 0.717) is 11.7 Å². The third-order valence-corrected chi connectivity index (χ3v) is 3.27. The Bertz CT molecular complexity index is 438. The van der Waals surface area contributed by atoms with Gasteiger partial charge in [-0.3, -0.25) is 10.1 Å². The maximum atomic E-state index is 11.0. The molecule has 0 amide bonds. The van der Waals surface area contributed by atoms with E-state index in [2.05, 4.69) is 11.9 Å². The topological polar surface area (TPSA) is 68.5 Å². The van der Waals surface area contributed by atoms with E-state index in [1.807, 2.05) is 4.90 Å². The van der Waals surface area contributed by atoms with E-state index in [4.69, 9.17) is 4.74 Å². The molecule has 2 atom stereocenters. The zero-order chi connectivity index (χ0) is 13.1. The van der Waals surface area contributed by atoms with E-state index in [-0.39, 0.29) is 11.9 Å². The molecule has 0 bridgehead atoms. The summed E-state index contributed by atoms with van der Waals surface area (Å²) in [5.41, 5.74) is 0.0358. The lowest BCUT2D eigenvalue weighted by molar-refractivity contribution is -0.384. The van der Waals surface area contributed by atoms with Crippen LogP contribution in [-0.2, 0) is 4.74 Å². The largest absolute Gasteiger partial charge is 0.362 e. The lowest BCUT2D eigenvalue weighted by atomic mass is 9.99. The summed E-state index contributed by atoms with van der Waals surface area (Å²) in [4.78, 5) is 16.7. The molecule has 1 aromatic heterocycles. The third-order valence-electron chi connectivity index (χ3n) is 3.27. The first-order valence-corrected chi connectivity index (χ1v) is 6.02. The summed E-state index contributed by atoms with van der Waals surface area (Å²) in [5, 5.41) is 11.0. The molecule has 0 radical (unpaired) electrons. The van der Waals surface area contributed by atoms with Gasteiger partial charge in [-0.25, -0.2) is 4.98 Å². The molecule has 2 rings (SSSR count). The second-order valence-corrected chi connectivity index (χ2v) is 4.63. The number of piperidine rings is 1. The number of nitrogens with zero attached hydrogens (tertiary/aromatic N) is 3. The number of pyridine rings is 1. The van der Waals surface area contributed by atoms with Crippen LogP contribution in [0, 0.1) is 16.0 Å². The summed E-state index contributed by atoms with van der Waals surface area (Å²) in [6, 6.07) is 3.06. The van der Waals surface area contributed by atoms with Crippen molar-refractivity contribution in [2.75, 3.05) is 18.6 Å². The summed E-state index contributed by atoms with van der Waals surface area (Å²) in [7, 11) is 1.63. The van der Waals surface area contributed by atoms with E-state index < -0.39 is 4.92 Å². The van der Waals surface area contributed by atoms with E-state index in [0.717, 1.165) is 19.4 Å². The van der Waals surface area contributed by atoms with Gasteiger partial charge >= 0.3 is 5.69 Å². The first-order chi connectivity index (χ1) is 8.63. The molecule has 2 unspecified atom stereocenters. The van der Waals surface area contributed by atoms with Gasteiger partial charge in [0.25, 0.3) is 0 Å². The normalized spacial score (nSPS) is 24.0. The average molecular weight is 251 g/mol. The highest BCUT2D eigenvalue weighted by atomic mass is 16.6. The van der Waals surface area contributed by atoms with Crippen LogP contribution in [0.5, 0.6) is 0 Å². The fourth-order valence-electron chi connectivity index (χ4n) is 2.35. The highest BCUT2D eigenvalue weighted by Gasteiger charge is 2.31. The minimum absolute atomic E-state index is 0.0358. The molecule has 18 heavy (non-hydrogen) atoms. The SMILES string of the molecule is COC1CCC(C)CN1c1ncccc1[N+](=O)[O-]. The van der Waals surface area contributed by atoms with Crippen molar-refractivity contribution in [1.29, 1.82) is 0 Å². The van der Waals surface area contributed by atoms with Gasteiger partial charge in [0.15, 0.2) is 0 Å². The molecular formula is C12H17N3O3. The van der Waals surface area contributed by atoms with Crippen molar-refractivity contribution in [3.8, 4) is 0 Å². The fourth-order valence-corrected chi connectivity index (χ4v) is 2.35. The first kappa shape index (κ1) is 12.8. The molecule has 0 aliphatic carbocycles. The Morgan fingerprint density at radius 2 is 2.33 bits per heavy atom. The van der Waals surface area contributed by atoms with Crippen molar-refractivity contribution in [1.82, 2.24) is 4.98 Å². The third kappa shape index (κ3) is 2.43. The summed E-state index contributed by atoms with van der Waals surface area (Å²) < 4.78 is 5.40. The Morgan fingerprint density at radius 1 is 1.56 bits per heavy atom. The van der Waals surface area contributed by atoms with Gasteiger partial charge in [-0.15, -0.1) is 0 Å². The Kier molecular flexibility index (Phi) is 3.76. The molecule has 1 saturated heterocycles. The van der Waals surface area contributed by atoms with E-state index >= 15 is 0 Å². The van der Waals surface area contributed by atoms with Crippen LogP contribution in [0.3, 0.4) is 0 Å². The van der Waals surface area contributed by atoms with E-state index in [9.17, 15) is 10.1 Å². The lowest BCUT2D eigenvalue weighted by Crippen LogP contribution is -2.44. The fraction of sp³-hybridized carbons (Fsp3) is 0.583. The van der Waals surface area contributed by atoms with Gasteiger partial charge in [-0.2, -0.15) is 0 Å². The van der Waals surface area contributed by atoms with Crippen molar-refractivity contribution in [3.05, 3.63) is 28.4 Å². The van der Waals surface area contributed by atoms with Crippen LogP contribution in [0.1, 0.15) is 19.8 Å². The highest BCUT2D eigenvalue weighted by Crippen LogP contribution is 2.32. The maximum Gasteiger partial charge on any atom is 0.311 e. The summed E-state index contributed by atoms with van der Waals surface area (Å²) in [5.74, 6) is 0.888. The highest BCUT2D eigenvalue weighted by molar-refractivity contribution is 5.57. The zero-order valence-corrected chi connectivity index (χ0v) is 10.6. The average Bonchev–Trinajstić information content (AvgIpc) is 2.38. The first-order valence-electron chi connectivity index (χ1n) is 6.02. The number of anilines is 1. The minimum atomic E-state index is -0.395. The molecule has 1 aliphatic rings. The molecule has 1 aromatic rings. The van der Waals surface area contributed by atoms with Crippen molar-refractivity contribution in [3.63, 3.8) is 0 Å². The second-order valence-electron chi connectivity index (χ2n) is 4.63. The van der Waals surface area contributed by atoms with Gasteiger partial charge in [0, 0.05) is 25.9 Å². The number of ether oxygens (including phenoxy) is 1. The van der Waals surface area contributed by atoms with Crippen LogP contribution in [0.15, 0.2) is 18.3 Å². The predicted molar refractivity (Wildman–Crippen MR) is 67.4 cm³/mol. The predicted octanol–water partition coefficient (Wildman–Crippen LogP) is 2.20. The number of hydrogen-bond donors (Lipinski definition) is 0. The van der Waals surface area contributed by atoms with Crippen LogP contribution in [0.2, 0.25) is 0 Å². The molecule has 6 nitrogen and oxygen atoms in total. The molecule has 0 aromatic carbocycles. The van der Waals surface area contributed by atoms with Crippen LogP contribution in [0.25, 0.3) is 0 Å². The lowest BCUT2D eigenvalue weighted by Gasteiger charge is -2.37. The molecule has 0 N–H and O–H groups in total. The molecule has 1 aliphatic heterocycles. The smallest absolute Gasteiger partial charge is 0.311 e. The van der Waals surface area contributed by atoms with Gasteiger partial charge in [0.1, 0.15) is 6.23 Å². The van der Waals surface area contributed by atoms with Gasteiger partial charge in [-0.1, -0.05) is 6.92 Å². The van der Waals surface area contributed by atoms with Crippen molar-refractivity contribution < 1.29 is 9.66 Å².